The lowest BCUT2D eigenvalue weighted by Gasteiger charge is -2.34. The van der Waals surface area contributed by atoms with Gasteiger partial charge in [0.2, 0.25) is 11.8 Å². The van der Waals surface area contributed by atoms with Crippen molar-refractivity contribution in [3.05, 3.63) is 113 Å². The minimum Gasteiger partial charge on any atom is -0.350 e. The third kappa shape index (κ3) is 6.66. The summed E-state index contributed by atoms with van der Waals surface area (Å²) in [6.45, 7) is 6.47. The summed E-state index contributed by atoms with van der Waals surface area (Å²) < 4.78 is 0. The second-order valence-electron chi connectivity index (χ2n) is 11.8. The molecule has 1 heterocycles. The van der Waals surface area contributed by atoms with Crippen LogP contribution in [0.2, 0.25) is 5.02 Å². The van der Waals surface area contributed by atoms with Crippen molar-refractivity contribution in [3.8, 4) is 0 Å². The minimum atomic E-state index is -0.721. The maximum absolute atomic E-state index is 14.0. The van der Waals surface area contributed by atoms with E-state index in [9.17, 15) is 14.4 Å². The Morgan fingerprint density at radius 2 is 1.57 bits per heavy atom. The Kier molecular flexibility index (Phi) is 8.64. The number of nitrogens with zero attached hydrogens (tertiary/aromatic N) is 2. The highest BCUT2D eigenvalue weighted by Gasteiger charge is 2.33. The lowest BCUT2D eigenvalue weighted by atomic mass is 10.00. The monoisotopic (exact) mass is 581 g/mol. The van der Waals surface area contributed by atoms with Gasteiger partial charge in [-0.1, -0.05) is 78.3 Å². The zero-order chi connectivity index (χ0) is 29.9. The zero-order valence-electron chi connectivity index (χ0n) is 24.3. The van der Waals surface area contributed by atoms with E-state index in [1.54, 1.807) is 21.9 Å². The van der Waals surface area contributed by atoms with Gasteiger partial charge in [0, 0.05) is 47.4 Å². The molecule has 0 radical (unpaired) electrons. The number of anilines is 1. The molecule has 216 valence electrons. The van der Waals surface area contributed by atoms with Crippen LogP contribution in [0.3, 0.4) is 0 Å². The molecule has 7 heteroatoms. The van der Waals surface area contributed by atoms with Gasteiger partial charge >= 0.3 is 0 Å². The number of hydrogen-bond donors (Lipinski definition) is 1. The maximum Gasteiger partial charge on any atom is 0.258 e. The fourth-order valence-corrected chi connectivity index (χ4v) is 5.65. The minimum absolute atomic E-state index is 0.0428. The molecule has 4 aromatic rings. The summed E-state index contributed by atoms with van der Waals surface area (Å²) in [4.78, 5) is 44.4. The van der Waals surface area contributed by atoms with Crippen molar-refractivity contribution in [2.75, 3.05) is 11.4 Å². The number of rotatable bonds is 10. The molecule has 0 saturated heterocycles. The molecule has 0 aliphatic carbocycles. The molecule has 0 bridgehead atoms. The van der Waals surface area contributed by atoms with E-state index in [0.717, 1.165) is 27.6 Å². The average Bonchev–Trinajstić information content (AvgIpc) is 3.23. The number of benzene rings is 4. The van der Waals surface area contributed by atoms with Gasteiger partial charge in [-0.25, -0.2) is 0 Å². The van der Waals surface area contributed by atoms with E-state index in [-0.39, 0.29) is 30.7 Å². The van der Waals surface area contributed by atoms with Gasteiger partial charge in [0.05, 0.1) is 5.69 Å². The van der Waals surface area contributed by atoms with E-state index in [0.29, 0.717) is 30.0 Å². The third-order valence-electron chi connectivity index (χ3n) is 7.46. The fourth-order valence-electron chi connectivity index (χ4n) is 5.53. The van der Waals surface area contributed by atoms with Crippen molar-refractivity contribution >= 4 is 45.8 Å². The normalized spacial score (nSPS) is 13.3. The number of carbonyl (C=O) groups excluding carboxylic acids is 3. The van der Waals surface area contributed by atoms with Crippen LogP contribution in [-0.4, -0.2) is 40.7 Å². The first-order valence-electron chi connectivity index (χ1n) is 14.3. The van der Waals surface area contributed by atoms with E-state index in [2.05, 4.69) is 5.32 Å². The molecular weight excluding hydrogens is 546 g/mol. The molecule has 1 aliphatic rings. The largest absolute Gasteiger partial charge is 0.350 e. The van der Waals surface area contributed by atoms with Crippen LogP contribution in [0.5, 0.6) is 0 Å². The SMILES string of the molecule is CC(C)(C)NC(=O)[C@@H](Cc1ccccc1)N(Cc1ccc(Cl)cc1)C(=O)CCCN1C(=O)c2cccc3cccc1c23. The molecular formula is C35H36ClN3O3. The van der Waals surface area contributed by atoms with E-state index in [4.69, 9.17) is 11.6 Å². The first-order chi connectivity index (χ1) is 20.1. The Bertz CT molecular complexity index is 1590. The fraction of sp³-hybridized carbons (Fsp3) is 0.286. The van der Waals surface area contributed by atoms with Crippen molar-refractivity contribution in [2.24, 2.45) is 0 Å². The highest BCUT2D eigenvalue weighted by molar-refractivity contribution is 6.30. The van der Waals surface area contributed by atoms with E-state index in [1.165, 1.54) is 0 Å². The third-order valence-corrected chi connectivity index (χ3v) is 7.71. The van der Waals surface area contributed by atoms with Crippen LogP contribution in [0.25, 0.3) is 10.8 Å². The van der Waals surface area contributed by atoms with Gasteiger partial charge in [-0.3, -0.25) is 14.4 Å². The molecule has 0 fully saturated rings. The van der Waals surface area contributed by atoms with Gasteiger partial charge in [0.15, 0.2) is 0 Å². The smallest absolute Gasteiger partial charge is 0.258 e. The van der Waals surface area contributed by atoms with Crippen molar-refractivity contribution in [2.45, 2.75) is 58.2 Å². The van der Waals surface area contributed by atoms with E-state index in [1.807, 2.05) is 99.6 Å². The average molecular weight is 582 g/mol. The Hall–Kier alpha value is -4.16. The quantitative estimate of drug-likeness (QED) is 0.224. The number of halogens is 1. The van der Waals surface area contributed by atoms with Crippen LogP contribution in [0, 0.1) is 0 Å². The number of carbonyl (C=O) groups is 3. The van der Waals surface area contributed by atoms with Crippen molar-refractivity contribution < 1.29 is 14.4 Å². The van der Waals surface area contributed by atoms with Gasteiger partial charge in [-0.2, -0.15) is 0 Å². The Labute approximate surface area is 252 Å². The van der Waals surface area contributed by atoms with Crippen molar-refractivity contribution in [1.82, 2.24) is 10.2 Å². The summed E-state index contributed by atoms with van der Waals surface area (Å²) in [5.41, 5.74) is 2.96. The molecule has 0 unspecified atom stereocenters. The van der Waals surface area contributed by atoms with Gasteiger partial charge in [-0.15, -0.1) is 0 Å². The molecule has 0 spiro atoms. The highest BCUT2D eigenvalue weighted by Crippen LogP contribution is 2.37. The molecule has 42 heavy (non-hydrogen) atoms. The summed E-state index contributed by atoms with van der Waals surface area (Å²) in [7, 11) is 0. The van der Waals surface area contributed by atoms with Crippen LogP contribution >= 0.6 is 11.6 Å². The van der Waals surface area contributed by atoms with Crippen LogP contribution in [-0.2, 0) is 22.6 Å². The molecule has 0 aromatic heterocycles. The maximum atomic E-state index is 14.0. The second-order valence-corrected chi connectivity index (χ2v) is 12.3. The van der Waals surface area contributed by atoms with Crippen molar-refractivity contribution in [3.63, 3.8) is 0 Å². The lowest BCUT2D eigenvalue weighted by molar-refractivity contribution is -0.142. The van der Waals surface area contributed by atoms with Crippen LogP contribution < -0.4 is 10.2 Å². The van der Waals surface area contributed by atoms with Crippen molar-refractivity contribution in [1.29, 1.82) is 0 Å². The Morgan fingerprint density at radius 1 is 0.881 bits per heavy atom. The summed E-state index contributed by atoms with van der Waals surface area (Å²) in [6, 6.07) is 28.0. The lowest BCUT2D eigenvalue weighted by Crippen LogP contribution is -2.54. The molecule has 1 aliphatic heterocycles. The summed E-state index contributed by atoms with van der Waals surface area (Å²) in [6.07, 6.45) is 1.03. The van der Waals surface area contributed by atoms with Crippen LogP contribution in [0.1, 0.15) is 55.1 Å². The predicted octanol–water partition coefficient (Wildman–Crippen LogP) is 6.79. The van der Waals surface area contributed by atoms with Gasteiger partial charge in [0.1, 0.15) is 6.04 Å². The second kappa shape index (κ2) is 12.4. The van der Waals surface area contributed by atoms with E-state index >= 15 is 0 Å². The zero-order valence-corrected chi connectivity index (χ0v) is 25.0. The van der Waals surface area contributed by atoms with Crippen LogP contribution in [0.15, 0.2) is 91.0 Å². The van der Waals surface area contributed by atoms with Crippen LogP contribution in [0.4, 0.5) is 5.69 Å². The molecule has 6 nitrogen and oxygen atoms in total. The molecule has 0 saturated carbocycles. The predicted molar refractivity (Wildman–Crippen MR) is 169 cm³/mol. The molecule has 3 amide bonds. The Morgan fingerprint density at radius 3 is 2.26 bits per heavy atom. The summed E-state index contributed by atoms with van der Waals surface area (Å²) in [5.74, 6) is -0.387. The highest BCUT2D eigenvalue weighted by atomic mass is 35.5. The topological polar surface area (TPSA) is 69.7 Å². The molecule has 1 atom stereocenters. The van der Waals surface area contributed by atoms with Gasteiger partial charge in [-0.05, 0) is 68.0 Å². The number of nitrogens with one attached hydrogen (secondary N) is 1. The molecule has 5 rings (SSSR count). The standard InChI is InChI=1S/C35H36ClN3O3/c1-35(2,3)37-33(41)30(22-24-10-5-4-6-11-24)39(23-25-17-19-27(36)20-18-25)31(40)16-9-21-38-29-15-8-13-26-12-7-14-28(32(26)29)34(38)42/h4-8,10-15,17-20,30H,9,16,21-23H2,1-3H3,(H,37,41)/t30-/m1/s1. The van der Waals surface area contributed by atoms with Gasteiger partial charge < -0.3 is 15.1 Å². The molecule has 4 aromatic carbocycles. The molecule has 1 N–H and O–H groups in total. The Balaban J connectivity index is 1.38. The summed E-state index contributed by atoms with van der Waals surface area (Å²) in [5, 5.41) is 5.68. The number of amides is 3. The summed E-state index contributed by atoms with van der Waals surface area (Å²) >= 11 is 6.13. The van der Waals surface area contributed by atoms with E-state index < -0.39 is 11.6 Å². The first kappa shape index (κ1) is 29.3. The first-order valence-corrected chi connectivity index (χ1v) is 14.7. The van der Waals surface area contributed by atoms with Gasteiger partial charge in [0.25, 0.3) is 5.91 Å². The number of hydrogen-bond acceptors (Lipinski definition) is 3.